The van der Waals surface area contributed by atoms with Crippen LogP contribution in [0.3, 0.4) is 0 Å². The highest BCUT2D eigenvalue weighted by Gasteiger charge is 2.15. The molecule has 5 aromatic rings. The van der Waals surface area contributed by atoms with Crippen LogP contribution >= 0.6 is 11.3 Å². The zero-order valence-corrected chi connectivity index (χ0v) is 23.3. The van der Waals surface area contributed by atoms with Crippen molar-refractivity contribution >= 4 is 44.6 Å². The topological polar surface area (TPSA) is 71.5 Å². The fraction of sp³-hybridized carbons (Fsp3) is 0.226. The molecule has 2 heterocycles. The summed E-state index contributed by atoms with van der Waals surface area (Å²) in [5.41, 5.74) is 3.71. The molecule has 2 N–H and O–H groups in total. The lowest BCUT2D eigenvalue weighted by Gasteiger charge is -2.18. The van der Waals surface area contributed by atoms with Crippen LogP contribution in [-0.2, 0) is 0 Å². The highest BCUT2D eigenvalue weighted by atomic mass is 32.1. The number of anilines is 4. The van der Waals surface area contributed by atoms with Gasteiger partial charge in [-0.15, -0.1) is 11.3 Å². The molecule has 0 saturated heterocycles. The summed E-state index contributed by atoms with van der Waals surface area (Å²) < 4.78 is 12.7. The van der Waals surface area contributed by atoms with E-state index in [9.17, 15) is 0 Å². The molecule has 0 saturated carbocycles. The maximum atomic E-state index is 5.92. The highest BCUT2D eigenvalue weighted by molar-refractivity contribution is 7.17. The molecule has 8 heteroatoms. The number of methoxy groups -OCH3 is 1. The van der Waals surface area contributed by atoms with Crippen molar-refractivity contribution < 1.29 is 9.47 Å². The van der Waals surface area contributed by atoms with Crippen LogP contribution in [-0.4, -0.2) is 48.2 Å². The van der Waals surface area contributed by atoms with Crippen LogP contribution in [0, 0.1) is 0 Å². The molecule has 0 atom stereocenters. The van der Waals surface area contributed by atoms with Crippen LogP contribution in [0.2, 0.25) is 0 Å². The minimum absolute atomic E-state index is 0.492. The van der Waals surface area contributed by atoms with Crippen molar-refractivity contribution in [1.29, 1.82) is 0 Å². The molecule has 7 nitrogen and oxygen atoms in total. The van der Waals surface area contributed by atoms with Crippen LogP contribution in [0.4, 0.5) is 23.1 Å². The van der Waals surface area contributed by atoms with Crippen LogP contribution in [0.25, 0.3) is 21.2 Å². The summed E-state index contributed by atoms with van der Waals surface area (Å²) in [5.74, 6) is 2.76. The molecule has 0 radical (unpaired) electrons. The van der Waals surface area contributed by atoms with Gasteiger partial charge in [0.15, 0.2) is 0 Å². The molecule has 2 aromatic heterocycles. The van der Waals surface area contributed by atoms with Crippen LogP contribution < -0.4 is 20.1 Å². The van der Waals surface area contributed by atoms with Gasteiger partial charge >= 0.3 is 0 Å². The predicted molar refractivity (Wildman–Crippen MR) is 162 cm³/mol. The second-order valence-corrected chi connectivity index (χ2v) is 9.86. The van der Waals surface area contributed by atoms with Gasteiger partial charge in [0.25, 0.3) is 0 Å². The summed E-state index contributed by atoms with van der Waals surface area (Å²) >= 11 is 1.71. The molecule has 0 spiro atoms. The number of benzene rings is 3. The van der Waals surface area contributed by atoms with Crippen LogP contribution in [0.15, 0.2) is 84.4 Å². The van der Waals surface area contributed by atoms with Crippen LogP contribution in [0.5, 0.6) is 11.5 Å². The van der Waals surface area contributed by atoms with Gasteiger partial charge in [0.05, 0.1) is 12.8 Å². The van der Waals surface area contributed by atoms with Crippen molar-refractivity contribution in [2.24, 2.45) is 0 Å². The van der Waals surface area contributed by atoms with E-state index in [4.69, 9.17) is 14.5 Å². The normalized spacial score (nSPS) is 11.1. The summed E-state index contributed by atoms with van der Waals surface area (Å²) in [5, 5.41) is 10.1. The number of thiophene rings is 1. The Morgan fingerprint density at radius 1 is 0.872 bits per heavy atom. The second kappa shape index (κ2) is 12.6. The van der Waals surface area contributed by atoms with Gasteiger partial charge in [-0.2, -0.15) is 4.98 Å². The number of hydrogen-bond acceptors (Lipinski definition) is 8. The van der Waals surface area contributed by atoms with Crippen LogP contribution in [0.1, 0.15) is 13.8 Å². The first-order valence-electron chi connectivity index (χ1n) is 13.1. The fourth-order valence-electron chi connectivity index (χ4n) is 4.39. The lowest BCUT2D eigenvalue weighted by atomic mass is 10.1. The molecule has 200 valence electrons. The number of para-hydroxylation sites is 2. The third-order valence-corrected chi connectivity index (χ3v) is 7.56. The Bertz CT molecular complexity index is 1520. The van der Waals surface area contributed by atoms with Gasteiger partial charge in [-0.3, -0.25) is 0 Å². The number of nitrogens with one attached hydrogen (secondary N) is 2. The fourth-order valence-corrected chi connectivity index (χ4v) is 5.35. The standard InChI is InChI=1S/C31H33N5O2S/c1-4-36(5-2)18-19-38-23-16-14-22(15-17-23)33-31-32-20-25(26-21-39-29-13-9-6-10-24(26)29)30(35-31)34-27-11-7-8-12-28(27)37-3/h6-17,20-21H,4-5,18-19H2,1-3H3,(H2,32,33,34,35). The third kappa shape index (κ3) is 6.30. The molecule has 5 rings (SSSR count). The molecule has 0 fully saturated rings. The van der Waals surface area contributed by atoms with Crippen molar-refractivity contribution in [2.75, 3.05) is 44.0 Å². The van der Waals surface area contributed by atoms with Crippen molar-refractivity contribution in [2.45, 2.75) is 13.8 Å². The molecule has 0 bridgehead atoms. The Morgan fingerprint density at radius 2 is 1.64 bits per heavy atom. The van der Waals surface area contributed by atoms with E-state index in [0.29, 0.717) is 18.4 Å². The van der Waals surface area contributed by atoms with Gasteiger partial charge in [-0.05, 0) is 60.9 Å². The van der Waals surface area contributed by atoms with E-state index in [1.165, 1.54) is 10.1 Å². The maximum absolute atomic E-state index is 5.92. The van der Waals surface area contributed by atoms with Crippen molar-refractivity contribution in [3.8, 4) is 22.6 Å². The van der Waals surface area contributed by atoms with E-state index >= 15 is 0 Å². The first-order valence-corrected chi connectivity index (χ1v) is 14.0. The Hall–Kier alpha value is -4.14. The molecule has 0 aliphatic heterocycles. The predicted octanol–water partition coefficient (Wildman–Crippen LogP) is 7.57. The Kier molecular flexibility index (Phi) is 8.55. The number of rotatable bonds is 12. The Morgan fingerprint density at radius 3 is 2.44 bits per heavy atom. The number of likely N-dealkylation sites (N-methyl/N-ethyl adjacent to an activating group) is 1. The van der Waals surface area contributed by atoms with E-state index in [1.807, 2.05) is 54.7 Å². The zero-order chi connectivity index (χ0) is 27.0. The third-order valence-electron chi connectivity index (χ3n) is 6.60. The lowest BCUT2D eigenvalue weighted by molar-refractivity contribution is 0.223. The molecular formula is C31H33N5O2S. The quantitative estimate of drug-likeness (QED) is 0.169. The molecule has 0 unspecified atom stereocenters. The molecule has 0 amide bonds. The first kappa shape index (κ1) is 26.5. The average molecular weight is 540 g/mol. The maximum Gasteiger partial charge on any atom is 0.229 e. The number of fused-ring (bicyclic) bond motifs is 1. The summed E-state index contributed by atoms with van der Waals surface area (Å²) in [7, 11) is 1.66. The Balaban J connectivity index is 1.40. The number of ether oxygens (including phenoxy) is 2. The smallest absolute Gasteiger partial charge is 0.229 e. The number of aromatic nitrogens is 2. The molecule has 0 aliphatic rings. The van der Waals surface area contributed by atoms with Crippen molar-refractivity contribution in [3.05, 3.63) is 84.4 Å². The number of nitrogens with zero attached hydrogens (tertiary/aromatic N) is 3. The van der Waals surface area contributed by atoms with E-state index in [1.54, 1.807) is 18.4 Å². The molecular weight excluding hydrogens is 506 g/mol. The number of hydrogen-bond donors (Lipinski definition) is 2. The Labute approximate surface area is 233 Å². The molecule has 0 aliphatic carbocycles. The van der Waals surface area contributed by atoms with E-state index in [-0.39, 0.29) is 0 Å². The largest absolute Gasteiger partial charge is 0.495 e. The monoisotopic (exact) mass is 539 g/mol. The summed E-state index contributed by atoms with van der Waals surface area (Å²) in [6, 6.07) is 24.1. The summed E-state index contributed by atoms with van der Waals surface area (Å²) in [4.78, 5) is 11.9. The minimum atomic E-state index is 0.492. The molecule has 3 aromatic carbocycles. The van der Waals surface area contributed by atoms with Crippen molar-refractivity contribution in [3.63, 3.8) is 0 Å². The van der Waals surface area contributed by atoms with Gasteiger partial charge in [0, 0.05) is 39.6 Å². The van der Waals surface area contributed by atoms with E-state index in [0.717, 1.165) is 53.6 Å². The van der Waals surface area contributed by atoms with Crippen molar-refractivity contribution in [1.82, 2.24) is 14.9 Å². The first-order chi connectivity index (χ1) is 19.2. The van der Waals surface area contributed by atoms with Gasteiger partial charge in [-0.25, -0.2) is 4.98 Å². The van der Waals surface area contributed by atoms with Gasteiger partial charge < -0.3 is 25.0 Å². The van der Waals surface area contributed by atoms with Gasteiger partial charge in [-0.1, -0.05) is 44.2 Å². The van der Waals surface area contributed by atoms with E-state index in [2.05, 4.69) is 64.0 Å². The SMILES string of the molecule is CCN(CC)CCOc1ccc(Nc2ncc(-c3csc4ccccc34)c(Nc3ccccc3OC)n2)cc1. The van der Waals surface area contributed by atoms with Gasteiger partial charge in [0.1, 0.15) is 23.9 Å². The minimum Gasteiger partial charge on any atom is -0.495 e. The lowest BCUT2D eigenvalue weighted by Crippen LogP contribution is -2.27. The summed E-state index contributed by atoms with van der Waals surface area (Å²) in [6.45, 7) is 7.95. The zero-order valence-electron chi connectivity index (χ0n) is 22.5. The van der Waals surface area contributed by atoms with Gasteiger partial charge in [0.2, 0.25) is 5.95 Å². The highest BCUT2D eigenvalue weighted by Crippen LogP contribution is 2.39. The van der Waals surface area contributed by atoms with E-state index < -0.39 is 0 Å². The average Bonchev–Trinajstić information content (AvgIpc) is 3.41. The summed E-state index contributed by atoms with van der Waals surface area (Å²) in [6.07, 6.45) is 1.87. The second-order valence-electron chi connectivity index (χ2n) is 8.95. The molecule has 39 heavy (non-hydrogen) atoms.